The van der Waals surface area contributed by atoms with Crippen molar-refractivity contribution < 1.29 is 0 Å². The molecule has 1 aliphatic rings. The summed E-state index contributed by atoms with van der Waals surface area (Å²) in [7, 11) is 0. The quantitative estimate of drug-likeness (QED) is 0.832. The second-order valence-corrected chi connectivity index (χ2v) is 7.70. The zero-order chi connectivity index (χ0) is 18.0. The molecule has 2 aromatic rings. The van der Waals surface area contributed by atoms with E-state index in [0.29, 0.717) is 11.9 Å². The minimum Gasteiger partial charge on any atom is -0.356 e. The Hall–Kier alpha value is -2.10. The number of piperidine rings is 1. The number of nitrogens with zero attached hydrogens (tertiary/aromatic N) is 3. The maximum atomic E-state index is 4.83. The molecule has 4 nitrogen and oxygen atoms in total. The van der Waals surface area contributed by atoms with Crippen molar-refractivity contribution >= 4 is 17.5 Å². The Morgan fingerprint density at radius 1 is 1.20 bits per heavy atom. The Morgan fingerprint density at radius 3 is 2.72 bits per heavy atom. The number of anilines is 3. The molecule has 1 N–H and O–H groups in total. The predicted octanol–water partition coefficient (Wildman–Crippen LogP) is 5.20. The van der Waals surface area contributed by atoms with Gasteiger partial charge in [-0.25, -0.2) is 4.98 Å². The molecule has 1 atom stereocenters. The zero-order valence-corrected chi connectivity index (χ0v) is 16.1. The number of para-hydroxylation sites is 1. The van der Waals surface area contributed by atoms with E-state index >= 15 is 0 Å². The first-order valence-corrected chi connectivity index (χ1v) is 9.41. The highest BCUT2D eigenvalue weighted by molar-refractivity contribution is 5.65. The van der Waals surface area contributed by atoms with Gasteiger partial charge in [-0.15, -0.1) is 0 Å². The molecule has 0 spiro atoms. The normalized spacial score (nSPS) is 17.8. The van der Waals surface area contributed by atoms with Crippen LogP contribution in [0.1, 0.15) is 56.4 Å². The molecule has 2 heterocycles. The van der Waals surface area contributed by atoms with Gasteiger partial charge in [-0.2, -0.15) is 4.98 Å². The molecule has 1 aromatic heterocycles. The fraction of sp³-hybridized carbons (Fsp3) is 0.524. The highest BCUT2D eigenvalue weighted by Gasteiger charge is 2.19. The molecule has 0 bridgehead atoms. The Labute approximate surface area is 151 Å². The number of aromatic nitrogens is 2. The fourth-order valence-corrected chi connectivity index (χ4v) is 3.62. The van der Waals surface area contributed by atoms with Crippen LogP contribution < -0.4 is 10.2 Å². The van der Waals surface area contributed by atoms with Crippen molar-refractivity contribution in [2.75, 3.05) is 23.3 Å². The average molecular weight is 338 g/mol. The van der Waals surface area contributed by atoms with Gasteiger partial charge in [-0.1, -0.05) is 39.0 Å². The molecular weight excluding hydrogens is 308 g/mol. The van der Waals surface area contributed by atoms with Crippen LogP contribution in [0.2, 0.25) is 0 Å². The third-order valence-corrected chi connectivity index (χ3v) is 4.99. The standard InChI is InChI=1S/C21H30N4/c1-14(2)18-10-6-9-16(4)20(18)24-21-22-17(5)12-19(23-21)25-11-7-8-15(3)13-25/h6,9-10,12,14-15H,7-8,11,13H2,1-5H3,(H,22,23,24). The van der Waals surface area contributed by atoms with Gasteiger partial charge in [0.1, 0.15) is 5.82 Å². The Balaban J connectivity index is 1.91. The van der Waals surface area contributed by atoms with E-state index in [9.17, 15) is 0 Å². The molecule has 1 saturated heterocycles. The lowest BCUT2D eigenvalue weighted by molar-refractivity contribution is 0.444. The summed E-state index contributed by atoms with van der Waals surface area (Å²) in [5.41, 5.74) is 4.68. The smallest absolute Gasteiger partial charge is 0.229 e. The largest absolute Gasteiger partial charge is 0.356 e. The van der Waals surface area contributed by atoms with E-state index < -0.39 is 0 Å². The van der Waals surface area contributed by atoms with Gasteiger partial charge in [0.15, 0.2) is 0 Å². The van der Waals surface area contributed by atoms with Crippen LogP contribution in [-0.2, 0) is 0 Å². The number of rotatable bonds is 4. The lowest BCUT2D eigenvalue weighted by Crippen LogP contribution is -2.35. The first-order valence-electron chi connectivity index (χ1n) is 9.41. The minimum atomic E-state index is 0.453. The van der Waals surface area contributed by atoms with Gasteiger partial charge in [0.2, 0.25) is 5.95 Å². The van der Waals surface area contributed by atoms with Crippen LogP contribution in [0.3, 0.4) is 0 Å². The summed E-state index contributed by atoms with van der Waals surface area (Å²) in [5.74, 6) is 2.92. The van der Waals surface area contributed by atoms with Crippen LogP contribution in [0, 0.1) is 19.8 Å². The number of benzene rings is 1. The van der Waals surface area contributed by atoms with Crippen LogP contribution in [0.15, 0.2) is 24.3 Å². The third-order valence-electron chi connectivity index (χ3n) is 4.99. The fourth-order valence-electron chi connectivity index (χ4n) is 3.62. The van der Waals surface area contributed by atoms with Gasteiger partial charge in [-0.3, -0.25) is 0 Å². The van der Waals surface area contributed by atoms with Gasteiger partial charge in [0.05, 0.1) is 0 Å². The third kappa shape index (κ3) is 4.12. The van der Waals surface area contributed by atoms with Crippen molar-refractivity contribution in [2.45, 2.75) is 53.4 Å². The van der Waals surface area contributed by atoms with E-state index in [4.69, 9.17) is 4.98 Å². The molecule has 0 amide bonds. The SMILES string of the molecule is Cc1cc(N2CCCC(C)C2)nc(Nc2c(C)cccc2C(C)C)n1. The summed E-state index contributed by atoms with van der Waals surface area (Å²) in [5, 5.41) is 3.50. The molecule has 25 heavy (non-hydrogen) atoms. The van der Waals surface area contributed by atoms with Gasteiger partial charge >= 0.3 is 0 Å². The van der Waals surface area contributed by atoms with E-state index in [2.05, 4.69) is 67.2 Å². The Kier molecular flexibility index (Phi) is 5.26. The number of aryl methyl sites for hydroxylation is 2. The second kappa shape index (κ2) is 7.42. The summed E-state index contributed by atoms with van der Waals surface area (Å²) in [6.07, 6.45) is 2.55. The molecule has 1 unspecified atom stereocenters. The van der Waals surface area contributed by atoms with Crippen molar-refractivity contribution in [3.63, 3.8) is 0 Å². The maximum absolute atomic E-state index is 4.83. The summed E-state index contributed by atoms with van der Waals surface area (Å²) < 4.78 is 0. The summed E-state index contributed by atoms with van der Waals surface area (Å²) in [6.45, 7) is 13.1. The molecule has 4 heteroatoms. The summed E-state index contributed by atoms with van der Waals surface area (Å²) in [6, 6.07) is 8.54. The van der Waals surface area contributed by atoms with E-state index in [-0.39, 0.29) is 0 Å². The lowest BCUT2D eigenvalue weighted by atomic mass is 9.98. The Morgan fingerprint density at radius 2 is 2.00 bits per heavy atom. The zero-order valence-electron chi connectivity index (χ0n) is 16.1. The average Bonchev–Trinajstić information content (AvgIpc) is 2.56. The topological polar surface area (TPSA) is 41.1 Å². The van der Waals surface area contributed by atoms with Crippen molar-refractivity contribution in [3.8, 4) is 0 Å². The number of hydrogen-bond donors (Lipinski definition) is 1. The van der Waals surface area contributed by atoms with Crippen molar-refractivity contribution in [1.82, 2.24) is 9.97 Å². The van der Waals surface area contributed by atoms with Gasteiger partial charge < -0.3 is 10.2 Å². The lowest BCUT2D eigenvalue weighted by Gasteiger charge is -2.32. The van der Waals surface area contributed by atoms with E-state index in [1.807, 2.05) is 6.92 Å². The van der Waals surface area contributed by atoms with E-state index in [1.165, 1.54) is 24.0 Å². The number of hydrogen-bond acceptors (Lipinski definition) is 4. The predicted molar refractivity (Wildman–Crippen MR) is 106 cm³/mol. The number of nitrogens with one attached hydrogen (secondary N) is 1. The van der Waals surface area contributed by atoms with Crippen molar-refractivity contribution in [1.29, 1.82) is 0 Å². The molecule has 1 aromatic carbocycles. The molecule has 3 rings (SSSR count). The van der Waals surface area contributed by atoms with Crippen LogP contribution in [0.5, 0.6) is 0 Å². The van der Waals surface area contributed by atoms with Crippen LogP contribution in [-0.4, -0.2) is 23.1 Å². The van der Waals surface area contributed by atoms with Gasteiger partial charge in [-0.05, 0) is 49.7 Å². The van der Waals surface area contributed by atoms with Gasteiger partial charge in [0, 0.05) is 30.5 Å². The molecule has 1 fully saturated rings. The molecule has 0 saturated carbocycles. The van der Waals surface area contributed by atoms with Crippen molar-refractivity contribution in [2.24, 2.45) is 5.92 Å². The van der Waals surface area contributed by atoms with Crippen molar-refractivity contribution in [3.05, 3.63) is 41.1 Å². The maximum Gasteiger partial charge on any atom is 0.229 e. The molecule has 0 aliphatic carbocycles. The molecule has 134 valence electrons. The van der Waals surface area contributed by atoms with E-state index in [0.717, 1.165) is 36.2 Å². The molecule has 1 aliphatic heterocycles. The van der Waals surface area contributed by atoms with E-state index in [1.54, 1.807) is 0 Å². The van der Waals surface area contributed by atoms with Gasteiger partial charge in [0.25, 0.3) is 0 Å². The summed E-state index contributed by atoms with van der Waals surface area (Å²) >= 11 is 0. The first-order chi connectivity index (χ1) is 11.9. The second-order valence-electron chi connectivity index (χ2n) is 7.70. The summed E-state index contributed by atoms with van der Waals surface area (Å²) in [4.78, 5) is 11.9. The van der Waals surface area contributed by atoms with Crippen LogP contribution >= 0.6 is 0 Å². The molecule has 0 radical (unpaired) electrons. The van der Waals surface area contributed by atoms with Crippen LogP contribution in [0.4, 0.5) is 17.5 Å². The minimum absolute atomic E-state index is 0.453. The first kappa shape index (κ1) is 17.7. The highest BCUT2D eigenvalue weighted by atomic mass is 15.2. The molecular formula is C21H30N4. The van der Waals surface area contributed by atoms with Crippen LogP contribution in [0.25, 0.3) is 0 Å². The Bertz CT molecular complexity index is 739. The highest BCUT2D eigenvalue weighted by Crippen LogP contribution is 2.30. The monoisotopic (exact) mass is 338 g/mol.